The van der Waals surface area contributed by atoms with E-state index in [1.807, 2.05) is 18.2 Å². The van der Waals surface area contributed by atoms with E-state index in [4.69, 9.17) is 14.2 Å². The number of methoxy groups -OCH3 is 1. The molecule has 4 rings (SSSR count). The van der Waals surface area contributed by atoms with Crippen molar-refractivity contribution < 1.29 is 27.0 Å². The molecule has 0 aliphatic carbocycles. The Kier molecular flexibility index (Phi) is 4.24. The molecule has 0 aromatic heterocycles. The molecule has 1 fully saturated rings. The standard InChI is InChI=1S/C18H18FNO5S/c1-23-16-5-3-14(9-15(16)19)26(21,22)20-7-6-13(10-20)12-2-4-17-18(8-12)25-11-24-17/h2-5,8-9,13H,6-7,10-11H2,1H3. The summed E-state index contributed by atoms with van der Waals surface area (Å²) < 4.78 is 56.5. The Morgan fingerprint density at radius 2 is 1.96 bits per heavy atom. The zero-order valence-electron chi connectivity index (χ0n) is 14.1. The first-order valence-electron chi connectivity index (χ1n) is 8.22. The number of rotatable bonds is 4. The Hall–Kier alpha value is -2.32. The minimum absolute atomic E-state index is 0.0172. The van der Waals surface area contributed by atoms with Crippen molar-refractivity contribution in [2.24, 2.45) is 0 Å². The molecule has 2 aliphatic rings. The first-order chi connectivity index (χ1) is 12.5. The van der Waals surface area contributed by atoms with E-state index in [-0.39, 0.29) is 23.4 Å². The molecule has 2 aromatic rings. The molecule has 0 spiro atoms. The maximum Gasteiger partial charge on any atom is 0.243 e. The fraction of sp³-hybridized carbons (Fsp3) is 0.333. The number of benzene rings is 2. The molecule has 0 radical (unpaired) electrons. The van der Waals surface area contributed by atoms with Crippen molar-refractivity contribution in [3.8, 4) is 17.2 Å². The smallest absolute Gasteiger partial charge is 0.243 e. The molecule has 6 nitrogen and oxygen atoms in total. The van der Waals surface area contributed by atoms with Crippen molar-refractivity contribution in [2.45, 2.75) is 17.2 Å². The fourth-order valence-corrected chi connectivity index (χ4v) is 4.85. The van der Waals surface area contributed by atoms with Crippen LogP contribution in [0.5, 0.6) is 17.2 Å². The molecule has 0 N–H and O–H groups in total. The van der Waals surface area contributed by atoms with Crippen LogP contribution in [0.4, 0.5) is 4.39 Å². The number of fused-ring (bicyclic) bond motifs is 1. The molecule has 1 atom stereocenters. The molecule has 2 aromatic carbocycles. The highest BCUT2D eigenvalue weighted by Crippen LogP contribution is 2.38. The molecule has 26 heavy (non-hydrogen) atoms. The average Bonchev–Trinajstić information content (AvgIpc) is 3.30. The van der Waals surface area contributed by atoms with Gasteiger partial charge < -0.3 is 14.2 Å². The van der Waals surface area contributed by atoms with E-state index in [1.54, 1.807) is 0 Å². The van der Waals surface area contributed by atoms with Gasteiger partial charge >= 0.3 is 0 Å². The highest BCUT2D eigenvalue weighted by molar-refractivity contribution is 7.89. The van der Waals surface area contributed by atoms with Crippen LogP contribution in [-0.2, 0) is 10.0 Å². The van der Waals surface area contributed by atoms with Crippen molar-refractivity contribution in [3.63, 3.8) is 0 Å². The van der Waals surface area contributed by atoms with E-state index in [2.05, 4.69) is 0 Å². The second kappa shape index (κ2) is 6.44. The third-order valence-corrected chi connectivity index (χ3v) is 6.64. The predicted octanol–water partition coefficient (Wildman–Crippen LogP) is 2.74. The Labute approximate surface area is 151 Å². The summed E-state index contributed by atoms with van der Waals surface area (Å²) in [7, 11) is -2.42. The monoisotopic (exact) mass is 379 g/mol. The van der Waals surface area contributed by atoms with Crippen LogP contribution >= 0.6 is 0 Å². The summed E-state index contributed by atoms with van der Waals surface area (Å²) in [6, 6.07) is 9.37. The average molecular weight is 379 g/mol. The zero-order valence-corrected chi connectivity index (χ0v) is 15.0. The van der Waals surface area contributed by atoms with Gasteiger partial charge in [0.2, 0.25) is 16.8 Å². The Morgan fingerprint density at radius 3 is 2.73 bits per heavy atom. The van der Waals surface area contributed by atoms with E-state index in [0.717, 1.165) is 11.6 Å². The summed E-state index contributed by atoms with van der Waals surface area (Å²) in [6.45, 7) is 0.928. The van der Waals surface area contributed by atoms with Gasteiger partial charge in [0.05, 0.1) is 12.0 Å². The quantitative estimate of drug-likeness (QED) is 0.817. The largest absolute Gasteiger partial charge is 0.494 e. The lowest BCUT2D eigenvalue weighted by Gasteiger charge is -2.17. The molecule has 1 unspecified atom stereocenters. The SMILES string of the molecule is COc1ccc(S(=O)(=O)N2CCC(c3ccc4c(c3)OCO4)C2)cc1F. The lowest BCUT2D eigenvalue weighted by Crippen LogP contribution is -2.28. The van der Waals surface area contributed by atoms with Crippen LogP contribution in [0.15, 0.2) is 41.3 Å². The summed E-state index contributed by atoms with van der Waals surface area (Å²) in [5, 5.41) is 0. The van der Waals surface area contributed by atoms with Gasteiger partial charge in [0, 0.05) is 13.1 Å². The number of hydrogen-bond donors (Lipinski definition) is 0. The number of nitrogens with zero attached hydrogens (tertiary/aromatic N) is 1. The highest BCUT2D eigenvalue weighted by atomic mass is 32.2. The molecule has 0 saturated carbocycles. The van der Waals surface area contributed by atoms with Crippen molar-refractivity contribution in [3.05, 3.63) is 47.8 Å². The summed E-state index contributed by atoms with van der Waals surface area (Å²) in [4.78, 5) is -0.0675. The van der Waals surface area contributed by atoms with Crippen LogP contribution < -0.4 is 14.2 Å². The topological polar surface area (TPSA) is 65.1 Å². The van der Waals surface area contributed by atoms with Crippen LogP contribution in [0.2, 0.25) is 0 Å². The zero-order chi connectivity index (χ0) is 18.3. The molecule has 138 valence electrons. The van der Waals surface area contributed by atoms with E-state index < -0.39 is 15.8 Å². The number of sulfonamides is 1. The van der Waals surface area contributed by atoms with Gasteiger partial charge in [-0.2, -0.15) is 4.31 Å². The van der Waals surface area contributed by atoms with Crippen LogP contribution in [0.25, 0.3) is 0 Å². The van der Waals surface area contributed by atoms with E-state index in [1.165, 1.54) is 23.5 Å². The maximum atomic E-state index is 13.9. The lowest BCUT2D eigenvalue weighted by molar-refractivity contribution is 0.174. The van der Waals surface area contributed by atoms with Gasteiger partial charge in [0.25, 0.3) is 0 Å². The normalized spacial score (nSPS) is 19.7. The van der Waals surface area contributed by atoms with Gasteiger partial charge in [-0.1, -0.05) is 6.07 Å². The predicted molar refractivity (Wildman–Crippen MR) is 91.6 cm³/mol. The number of ether oxygens (including phenoxy) is 3. The summed E-state index contributed by atoms with van der Waals surface area (Å²) in [6.07, 6.45) is 0.692. The molecule has 1 saturated heterocycles. The summed E-state index contributed by atoms with van der Waals surface area (Å²) >= 11 is 0. The van der Waals surface area contributed by atoms with E-state index in [9.17, 15) is 12.8 Å². The van der Waals surface area contributed by atoms with Gasteiger partial charge in [-0.3, -0.25) is 0 Å². The molecule has 2 aliphatic heterocycles. The molecular formula is C18H18FNO5S. The van der Waals surface area contributed by atoms with Gasteiger partial charge in [-0.05, 0) is 48.2 Å². The van der Waals surface area contributed by atoms with Crippen LogP contribution in [0, 0.1) is 5.82 Å². The van der Waals surface area contributed by atoms with Crippen LogP contribution in [-0.4, -0.2) is 39.7 Å². The van der Waals surface area contributed by atoms with Gasteiger partial charge in [0.1, 0.15) is 0 Å². The highest BCUT2D eigenvalue weighted by Gasteiger charge is 2.34. The van der Waals surface area contributed by atoms with E-state index >= 15 is 0 Å². The minimum atomic E-state index is -3.76. The third kappa shape index (κ3) is 2.89. The second-order valence-electron chi connectivity index (χ2n) is 6.26. The van der Waals surface area contributed by atoms with Gasteiger partial charge in [-0.25, -0.2) is 12.8 Å². The van der Waals surface area contributed by atoms with Crippen LogP contribution in [0.1, 0.15) is 17.9 Å². The molecule has 2 heterocycles. The van der Waals surface area contributed by atoms with Crippen molar-refractivity contribution in [1.82, 2.24) is 4.31 Å². The van der Waals surface area contributed by atoms with Crippen molar-refractivity contribution in [2.75, 3.05) is 27.0 Å². The lowest BCUT2D eigenvalue weighted by atomic mass is 9.98. The van der Waals surface area contributed by atoms with Crippen LogP contribution in [0.3, 0.4) is 0 Å². The molecular weight excluding hydrogens is 361 g/mol. The fourth-order valence-electron chi connectivity index (χ4n) is 3.34. The minimum Gasteiger partial charge on any atom is -0.494 e. The first-order valence-corrected chi connectivity index (χ1v) is 9.66. The molecule has 0 bridgehead atoms. The first kappa shape index (κ1) is 17.1. The van der Waals surface area contributed by atoms with Crippen molar-refractivity contribution in [1.29, 1.82) is 0 Å². The van der Waals surface area contributed by atoms with E-state index in [0.29, 0.717) is 31.0 Å². The van der Waals surface area contributed by atoms with Gasteiger partial charge in [0.15, 0.2) is 23.1 Å². The molecule has 0 amide bonds. The Balaban J connectivity index is 1.55. The second-order valence-corrected chi connectivity index (χ2v) is 8.20. The number of hydrogen-bond acceptors (Lipinski definition) is 5. The number of halogens is 1. The molecule has 8 heteroatoms. The van der Waals surface area contributed by atoms with Gasteiger partial charge in [-0.15, -0.1) is 0 Å². The Morgan fingerprint density at radius 1 is 1.15 bits per heavy atom. The maximum absolute atomic E-state index is 13.9. The Bertz CT molecular complexity index is 947. The summed E-state index contributed by atoms with van der Waals surface area (Å²) in [5.74, 6) is 0.761. The summed E-state index contributed by atoms with van der Waals surface area (Å²) in [5.41, 5.74) is 1.01. The third-order valence-electron chi connectivity index (χ3n) is 4.78. The van der Waals surface area contributed by atoms with Crippen molar-refractivity contribution >= 4 is 10.0 Å².